The summed E-state index contributed by atoms with van der Waals surface area (Å²) in [7, 11) is 1.60. The highest BCUT2D eigenvalue weighted by molar-refractivity contribution is 6.28. The molecule has 4 heteroatoms. The van der Waals surface area contributed by atoms with Crippen molar-refractivity contribution in [2.24, 2.45) is 10.7 Å². The first kappa shape index (κ1) is 13.4. The molecule has 2 rings (SSSR count). The maximum Gasteiger partial charge on any atom is 0.144 e. The van der Waals surface area contributed by atoms with Crippen molar-refractivity contribution < 1.29 is 4.74 Å². The van der Waals surface area contributed by atoms with Crippen molar-refractivity contribution in [2.75, 3.05) is 13.0 Å². The second-order valence-corrected chi connectivity index (χ2v) is 4.26. The van der Waals surface area contributed by atoms with E-state index in [-0.39, 0.29) is 5.88 Å². The number of halogens is 1. The van der Waals surface area contributed by atoms with Crippen LogP contribution in [0, 0.1) is 0 Å². The molecule has 2 aromatic rings. The Morgan fingerprint density at radius 1 is 1.16 bits per heavy atom. The van der Waals surface area contributed by atoms with Gasteiger partial charge in [-0.3, -0.25) is 0 Å². The zero-order chi connectivity index (χ0) is 13.7. The average molecular weight is 275 g/mol. The van der Waals surface area contributed by atoms with Gasteiger partial charge in [-0.25, -0.2) is 4.99 Å². The molecule has 0 amide bonds. The van der Waals surface area contributed by atoms with Gasteiger partial charge < -0.3 is 10.5 Å². The molecule has 2 N–H and O–H groups in total. The molecular weight excluding hydrogens is 260 g/mol. The van der Waals surface area contributed by atoms with Crippen LogP contribution < -0.4 is 10.5 Å². The maximum absolute atomic E-state index is 5.68. The van der Waals surface area contributed by atoms with Crippen molar-refractivity contribution in [2.45, 2.75) is 0 Å². The molecule has 0 saturated heterocycles. The molecule has 19 heavy (non-hydrogen) atoms. The second-order valence-electron chi connectivity index (χ2n) is 3.99. The number of hydrogen-bond donors (Lipinski definition) is 1. The number of ether oxygens (including phenoxy) is 1. The van der Waals surface area contributed by atoms with Crippen molar-refractivity contribution in [3.63, 3.8) is 0 Å². The van der Waals surface area contributed by atoms with Gasteiger partial charge in [0.2, 0.25) is 0 Å². The summed E-state index contributed by atoms with van der Waals surface area (Å²) in [6, 6.07) is 15.9. The molecule has 0 atom stereocenters. The molecule has 0 radical (unpaired) electrons. The second kappa shape index (κ2) is 6.25. The monoisotopic (exact) mass is 274 g/mol. The number of benzene rings is 2. The van der Waals surface area contributed by atoms with E-state index in [0.717, 1.165) is 11.1 Å². The number of hydrogen-bond acceptors (Lipinski definition) is 2. The minimum atomic E-state index is 0.193. The van der Waals surface area contributed by atoms with E-state index in [0.29, 0.717) is 17.3 Å². The van der Waals surface area contributed by atoms with Gasteiger partial charge in [0.05, 0.1) is 13.0 Å². The van der Waals surface area contributed by atoms with Gasteiger partial charge in [0, 0.05) is 0 Å². The van der Waals surface area contributed by atoms with Gasteiger partial charge in [-0.1, -0.05) is 36.4 Å². The topological polar surface area (TPSA) is 47.6 Å². The lowest BCUT2D eigenvalue weighted by atomic mass is 10.0. The highest BCUT2D eigenvalue weighted by Gasteiger charge is 2.05. The Morgan fingerprint density at radius 3 is 2.53 bits per heavy atom. The van der Waals surface area contributed by atoms with Crippen LogP contribution in [0.2, 0.25) is 0 Å². The minimum Gasteiger partial charge on any atom is -0.494 e. The molecule has 0 aromatic heterocycles. The summed E-state index contributed by atoms with van der Waals surface area (Å²) < 4.78 is 5.28. The van der Waals surface area contributed by atoms with Gasteiger partial charge in [-0.2, -0.15) is 0 Å². The van der Waals surface area contributed by atoms with Gasteiger partial charge in [0.25, 0.3) is 0 Å². The lowest BCUT2D eigenvalue weighted by molar-refractivity contribution is 0.416. The molecule has 0 unspecified atom stereocenters. The van der Waals surface area contributed by atoms with Crippen LogP contribution in [0.4, 0.5) is 5.69 Å². The smallest absolute Gasteiger partial charge is 0.144 e. The number of alkyl halides is 1. The average Bonchev–Trinajstić information content (AvgIpc) is 2.48. The summed E-state index contributed by atoms with van der Waals surface area (Å²) in [4.78, 5) is 4.27. The van der Waals surface area contributed by atoms with Crippen LogP contribution in [-0.4, -0.2) is 18.8 Å². The molecule has 0 aliphatic heterocycles. The van der Waals surface area contributed by atoms with Crippen molar-refractivity contribution in [3.05, 3.63) is 48.5 Å². The Labute approximate surface area is 117 Å². The standard InChI is InChI=1S/C15H15ClN2O/c1-19-14-8-7-12(11-5-3-2-4-6-11)9-13(14)18-15(17)10-16/h2-9H,10H2,1H3,(H2,17,18). The van der Waals surface area contributed by atoms with Crippen LogP contribution in [-0.2, 0) is 0 Å². The van der Waals surface area contributed by atoms with E-state index in [1.165, 1.54) is 0 Å². The fourth-order valence-corrected chi connectivity index (χ4v) is 1.83. The number of aliphatic imine (C=N–C) groups is 1. The Balaban J connectivity index is 2.47. The highest BCUT2D eigenvalue weighted by atomic mass is 35.5. The van der Waals surface area contributed by atoms with Crippen LogP contribution in [0.5, 0.6) is 5.75 Å². The summed E-state index contributed by atoms with van der Waals surface area (Å²) in [6.07, 6.45) is 0. The summed E-state index contributed by atoms with van der Waals surface area (Å²) >= 11 is 5.66. The van der Waals surface area contributed by atoms with Gasteiger partial charge in [-0.05, 0) is 23.3 Å². The first-order valence-electron chi connectivity index (χ1n) is 5.87. The number of nitrogens with zero attached hydrogens (tertiary/aromatic N) is 1. The molecule has 0 aliphatic carbocycles. The predicted molar refractivity (Wildman–Crippen MR) is 80.4 cm³/mol. The minimum absolute atomic E-state index is 0.193. The van der Waals surface area contributed by atoms with Crippen molar-refractivity contribution in [1.82, 2.24) is 0 Å². The Kier molecular flexibility index (Phi) is 4.42. The van der Waals surface area contributed by atoms with Crippen molar-refractivity contribution in [1.29, 1.82) is 0 Å². The SMILES string of the molecule is COc1ccc(-c2ccccc2)cc1N=C(N)CCl. The lowest BCUT2D eigenvalue weighted by Gasteiger charge is -2.08. The lowest BCUT2D eigenvalue weighted by Crippen LogP contribution is -2.12. The van der Waals surface area contributed by atoms with Crippen LogP contribution >= 0.6 is 11.6 Å². The van der Waals surface area contributed by atoms with E-state index in [1.807, 2.05) is 48.5 Å². The van der Waals surface area contributed by atoms with Crippen LogP contribution in [0.25, 0.3) is 11.1 Å². The molecular formula is C15H15ClN2O. The maximum atomic E-state index is 5.68. The summed E-state index contributed by atoms with van der Waals surface area (Å²) in [5.74, 6) is 1.23. The Bertz CT molecular complexity index is 582. The molecule has 0 saturated carbocycles. The molecule has 2 aromatic carbocycles. The third-order valence-corrected chi connectivity index (χ3v) is 2.96. The Hall–Kier alpha value is -2.00. The van der Waals surface area contributed by atoms with Gasteiger partial charge in [-0.15, -0.1) is 11.6 Å². The van der Waals surface area contributed by atoms with Crippen LogP contribution in [0.15, 0.2) is 53.5 Å². The first-order chi connectivity index (χ1) is 9.24. The number of rotatable bonds is 4. The van der Waals surface area contributed by atoms with E-state index in [2.05, 4.69) is 4.99 Å². The highest BCUT2D eigenvalue weighted by Crippen LogP contribution is 2.32. The van der Waals surface area contributed by atoms with E-state index >= 15 is 0 Å². The quantitative estimate of drug-likeness (QED) is 0.526. The van der Waals surface area contributed by atoms with E-state index < -0.39 is 0 Å². The number of amidine groups is 1. The van der Waals surface area contributed by atoms with Crippen LogP contribution in [0.3, 0.4) is 0 Å². The summed E-state index contributed by atoms with van der Waals surface area (Å²) in [6.45, 7) is 0. The molecule has 0 aliphatic rings. The van der Waals surface area contributed by atoms with Crippen LogP contribution in [0.1, 0.15) is 0 Å². The van der Waals surface area contributed by atoms with Gasteiger partial charge in [0.1, 0.15) is 17.3 Å². The van der Waals surface area contributed by atoms with E-state index in [9.17, 15) is 0 Å². The largest absolute Gasteiger partial charge is 0.494 e. The number of nitrogens with two attached hydrogens (primary N) is 1. The van der Waals surface area contributed by atoms with E-state index in [1.54, 1.807) is 7.11 Å². The van der Waals surface area contributed by atoms with Crippen molar-refractivity contribution in [3.8, 4) is 16.9 Å². The molecule has 0 bridgehead atoms. The zero-order valence-corrected chi connectivity index (χ0v) is 11.4. The molecule has 98 valence electrons. The van der Waals surface area contributed by atoms with Gasteiger partial charge in [0.15, 0.2) is 0 Å². The summed E-state index contributed by atoms with van der Waals surface area (Å²) in [5.41, 5.74) is 8.54. The fourth-order valence-electron chi connectivity index (χ4n) is 1.77. The predicted octanol–water partition coefficient (Wildman–Crippen LogP) is 3.59. The van der Waals surface area contributed by atoms with Gasteiger partial charge >= 0.3 is 0 Å². The summed E-state index contributed by atoms with van der Waals surface area (Å²) in [5, 5.41) is 0. The third kappa shape index (κ3) is 3.26. The molecule has 3 nitrogen and oxygen atoms in total. The van der Waals surface area contributed by atoms with E-state index in [4.69, 9.17) is 22.1 Å². The number of methoxy groups -OCH3 is 1. The fraction of sp³-hybridized carbons (Fsp3) is 0.133. The zero-order valence-electron chi connectivity index (χ0n) is 10.6. The normalized spacial score (nSPS) is 11.4. The molecule has 0 spiro atoms. The molecule has 0 fully saturated rings. The third-order valence-electron chi connectivity index (χ3n) is 2.69. The first-order valence-corrected chi connectivity index (χ1v) is 6.40. The Morgan fingerprint density at radius 2 is 1.89 bits per heavy atom. The van der Waals surface area contributed by atoms with Crippen molar-refractivity contribution >= 4 is 23.1 Å². The molecule has 0 heterocycles.